The molecule has 4 rings (SSSR count). The second kappa shape index (κ2) is 6.64. The molecule has 1 amide bonds. The molecule has 0 radical (unpaired) electrons. The summed E-state index contributed by atoms with van der Waals surface area (Å²) in [5.41, 5.74) is 1.06. The number of amides is 1. The third kappa shape index (κ3) is 3.26. The Morgan fingerprint density at radius 1 is 1.38 bits per heavy atom. The molecule has 3 aromatic rings. The van der Waals surface area contributed by atoms with Crippen LogP contribution in [0.1, 0.15) is 12.8 Å². The number of aryl methyl sites for hydroxylation is 1. The molecule has 3 heterocycles. The Balaban J connectivity index is 1.48. The van der Waals surface area contributed by atoms with E-state index in [9.17, 15) is 13.6 Å². The highest BCUT2D eigenvalue weighted by Crippen LogP contribution is 2.30. The molecule has 0 saturated carbocycles. The van der Waals surface area contributed by atoms with E-state index in [4.69, 9.17) is 0 Å². The fourth-order valence-corrected chi connectivity index (χ4v) is 4.12. The molecule has 1 aliphatic rings. The van der Waals surface area contributed by atoms with E-state index in [1.165, 1.54) is 6.07 Å². The van der Waals surface area contributed by atoms with E-state index in [0.717, 1.165) is 42.5 Å². The summed E-state index contributed by atoms with van der Waals surface area (Å²) in [4.78, 5) is 18.8. The molecule has 136 valence electrons. The maximum absolute atomic E-state index is 13.8. The SMILES string of the molecule is Cn1cc(N2CCCC(C(=O)Nc3nc4c(F)cc(F)cc4s3)C2)cn1. The van der Waals surface area contributed by atoms with Gasteiger partial charge in [-0.3, -0.25) is 9.48 Å². The van der Waals surface area contributed by atoms with Crippen LogP contribution in [0.5, 0.6) is 0 Å². The molecule has 26 heavy (non-hydrogen) atoms. The average Bonchev–Trinajstić information content (AvgIpc) is 3.21. The van der Waals surface area contributed by atoms with Crippen LogP contribution in [-0.4, -0.2) is 33.8 Å². The number of thiazole rings is 1. The van der Waals surface area contributed by atoms with Crippen molar-refractivity contribution in [1.82, 2.24) is 14.8 Å². The smallest absolute Gasteiger partial charge is 0.231 e. The van der Waals surface area contributed by atoms with E-state index in [1.807, 2.05) is 13.2 Å². The fraction of sp³-hybridized carbons (Fsp3) is 0.353. The topological polar surface area (TPSA) is 63.1 Å². The summed E-state index contributed by atoms with van der Waals surface area (Å²) in [5, 5.41) is 7.21. The van der Waals surface area contributed by atoms with Gasteiger partial charge in [-0.2, -0.15) is 5.10 Å². The molecule has 6 nitrogen and oxygen atoms in total. The first-order valence-electron chi connectivity index (χ1n) is 8.29. The first-order valence-corrected chi connectivity index (χ1v) is 9.11. The van der Waals surface area contributed by atoms with Crippen molar-refractivity contribution in [2.45, 2.75) is 12.8 Å². The normalized spacial score (nSPS) is 17.7. The van der Waals surface area contributed by atoms with Crippen molar-refractivity contribution in [2.24, 2.45) is 13.0 Å². The summed E-state index contributed by atoms with van der Waals surface area (Å²) in [7, 11) is 1.85. The van der Waals surface area contributed by atoms with Crippen LogP contribution in [0.15, 0.2) is 24.5 Å². The Kier molecular flexibility index (Phi) is 4.31. The molecule has 9 heteroatoms. The van der Waals surface area contributed by atoms with Crippen molar-refractivity contribution < 1.29 is 13.6 Å². The third-order valence-electron chi connectivity index (χ3n) is 4.49. The van der Waals surface area contributed by atoms with Gasteiger partial charge in [0.1, 0.15) is 11.3 Å². The van der Waals surface area contributed by atoms with Crippen LogP contribution < -0.4 is 10.2 Å². The highest BCUT2D eigenvalue weighted by Gasteiger charge is 2.27. The fourth-order valence-electron chi connectivity index (χ4n) is 3.22. The first kappa shape index (κ1) is 16.9. The summed E-state index contributed by atoms with van der Waals surface area (Å²) in [5.74, 6) is -1.73. The maximum Gasteiger partial charge on any atom is 0.231 e. The number of rotatable bonds is 3. The molecule has 0 bridgehead atoms. The van der Waals surface area contributed by atoms with Crippen LogP contribution in [0.2, 0.25) is 0 Å². The van der Waals surface area contributed by atoms with Gasteiger partial charge < -0.3 is 10.2 Å². The van der Waals surface area contributed by atoms with Crippen molar-refractivity contribution in [3.63, 3.8) is 0 Å². The lowest BCUT2D eigenvalue weighted by molar-refractivity contribution is -0.120. The zero-order chi connectivity index (χ0) is 18.3. The largest absolute Gasteiger partial charge is 0.368 e. The maximum atomic E-state index is 13.8. The van der Waals surface area contributed by atoms with Crippen LogP contribution in [0.25, 0.3) is 10.2 Å². The average molecular weight is 377 g/mol. The minimum Gasteiger partial charge on any atom is -0.368 e. The summed E-state index contributed by atoms with van der Waals surface area (Å²) in [6.07, 6.45) is 5.37. The highest BCUT2D eigenvalue weighted by atomic mass is 32.1. The van der Waals surface area contributed by atoms with Crippen molar-refractivity contribution in [1.29, 1.82) is 0 Å². The predicted molar refractivity (Wildman–Crippen MR) is 96.3 cm³/mol. The van der Waals surface area contributed by atoms with Gasteiger partial charge in [0.15, 0.2) is 10.9 Å². The van der Waals surface area contributed by atoms with Gasteiger partial charge in [0.05, 0.1) is 22.5 Å². The second-order valence-corrected chi connectivity index (χ2v) is 7.43. The van der Waals surface area contributed by atoms with Gasteiger partial charge >= 0.3 is 0 Å². The molecular formula is C17H17F2N5OS. The van der Waals surface area contributed by atoms with Gasteiger partial charge in [0.25, 0.3) is 0 Å². The van der Waals surface area contributed by atoms with Crippen molar-refractivity contribution in [3.8, 4) is 0 Å². The minimum absolute atomic E-state index is 0.0762. The first-order chi connectivity index (χ1) is 12.5. The summed E-state index contributed by atoms with van der Waals surface area (Å²) < 4.78 is 29.2. The molecule has 1 fully saturated rings. The number of hydrogen-bond donors (Lipinski definition) is 1. The van der Waals surface area contributed by atoms with Gasteiger partial charge in [0.2, 0.25) is 5.91 Å². The second-order valence-electron chi connectivity index (χ2n) is 6.40. The van der Waals surface area contributed by atoms with Crippen LogP contribution >= 0.6 is 11.3 Å². The monoisotopic (exact) mass is 377 g/mol. The number of carbonyl (C=O) groups is 1. The molecule has 0 aliphatic carbocycles. The molecule has 1 aromatic carbocycles. The van der Waals surface area contributed by atoms with E-state index in [-0.39, 0.29) is 22.5 Å². The van der Waals surface area contributed by atoms with Crippen molar-refractivity contribution in [2.75, 3.05) is 23.3 Å². The molecule has 2 aromatic heterocycles. The predicted octanol–water partition coefficient (Wildman–Crippen LogP) is 3.16. The Labute approximate surface area is 152 Å². The lowest BCUT2D eigenvalue weighted by atomic mass is 9.97. The number of halogens is 2. The van der Waals surface area contributed by atoms with E-state index in [2.05, 4.69) is 20.3 Å². The van der Waals surface area contributed by atoms with Crippen LogP contribution in [0.4, 0.5) is 19.6 Å². The number of fused-ring (bicyclic) bond motifs is 1. The summed E-state index contributed by atoms with van der Waals surface area (Å²) >= 11 is 1.07. The number of hydrogen-bond acceptors (Lipinski definition) is 5. The van der Waals surface area contributed by atoms with E-state index < -0.39 is 11.6 Å². The summed E-state index contributed by atoms with van der Waals surface area (Å²) in [6.45, 7) is 1.46. The number of carbonyl (C=O) groups excluding carboxylic acids is 1. The number of nitrogens with zero attached hydrogens (tertiary/aromatic N) is 4. The Morgan fingerprint density at radius 2 is 2.23 bits per heavy atom. The molecule has 1 N–H and O–H groups in total. The molecule has 1 aliphatic heterocycles. The Bertz CT molecular complexity index is 969. The van der Waals surface area contributed by atoms with Gasteiger partial charge in [-0.15, -0.1) is 0 Å². The van der Waals surface area contributed by atoms with E-state index >= 15 is 0 Å². The number of piperidine rings is 1. The van der Waals surface area contributed by atoms with E-state index in [1.54, 1.807) is 10.9 Å². The van der Waals surface area contributed by atoms with Gasteiger partial charge in [0, 0.05) is 32.4 Å². The standard InChI is InChI=1S/C17H17F2N5OS/c1-23-9-12(7-20-23)24-4-2-3-10(8-24)16(25)22-17-21-15-13(19)5-11(18)6-14(15)26-17/h5-7,9-10H,2-4,8H2,1H3,(H,21,22,25). The number of aromatic nitrogens is 3. The van der Waals surface area contributed by atoms with Gasteiger partial charge in [-0.05, 0) is 18.9 Å². The Hall–Kier alpha value is -2.55. The molecule has 1 unspecified atom stereocenters. The number of nitrogens with one attached hydrogen (secondary N) is 1. The zero-order valence-corrected chi connectivity index (χ0v) is 14.9. The number of anilines is 2. The molecule has 1 saturated heterocycles. The Morgan fingerprint density at radius 3 is 3.00 bits per heavy atom. The zero-order valence-electron chi connectivity index (χ0n) is 14.1. The van der Waals surface area contributed by atoms with Crippen LogP contribution in [-0.2, 0) is 11.8 Å². The highest BCUT2D eigenvalue weighted by molar-refractivity contribution is 7.22. The lowest BCUT2D eigenvalue weighted by Crippen LogP contribution is -2.40. The summed E-state index contributed by atoms with van der Waals surface area (Å²) in [6, 6.07) is 2.01. The lowest BCUT2D eigenvalue weighted by Gasteiger charge is -2.32. The van der Waals surface area contributed by atoms with Gasteiger partial charge in [-0.1, -0.05) is 11.3 Å². The van der Waals surface area contributed by atoms with Crippen LogP contribution in [0.3, 0.4) is 0 Å². The molecular weight excluding hydrogens is 360 g/mol. The molecule has 0 spiro atoms. The minimum atomic E-state index is -0.725. The van der Waals surface area contributed by atoms with Crippen molar-refractivity contribution >= 4 is 38.3 Å². The third-order valence-corrected chi connectivity index (χ3v) is 5.41. The van der Waals surface area contributed by atoms with E-state index in [0.29, 0.717) is 11.2 Å². The van der Waals surface area contributed by atoms with Gasteiger partial charge in [-0.25, -0.2) is 13.8 Å². The molecule has 1 atom stereocenters. The van der Waals surface area contributed by atoms with Crippen LogP contribution in [0, 0.1) is 17.6 Å². The van der Waals surface area contributed by atoms with Crippen molar-refractivity contribution in [3.05, 3.63) is 36.2 Å². The number of benzene rings is 1. The quantitative estimate of drug-likeness (QED) is 0.762.